The number of benzene rings is 2. The molecular formula is C36H38O10. The second kappa shape index (κ2) is 11.4. The summed E-state index contributed by atoms with van der Waals surface area (Å²) in [6.45, 7) is 6.27. The number of carbonyl (C=O) groups excluding carboxylic acids is 3. The molecule has 3 aliphatic rings. The molecule has 242 valence electrons. The van der Waals surface area contributed by atoms with E-state index in [2.05, 4.69) is 0 Å². The van der Waals surface area contributed by atoms with Crippen LogP contribution in [0.1, 0.15) is 78.5 Å². The van der Waals surface area contributed by atoms with Crippen molar-refractivity contribution in [1.29, 1.82) is 0 Å². The standard InChI is InChI=1S/C36H38O10/c1-20-24-16-18-43-26(24)19-25-28(20)29(45-31(38)22-11-7-5-8-12-22)30(46-32(39)23-13-9-6-10-14-23)36(42)34(25,3)17-15-27(44-21(2)37)35(36,4)33(40)41/h5-14,16,18,20,25,27-30,42H,15,17,19H2,1-4H3,(H,40,41)/t20-,25-,27-,28-,29+,30+,34+,35+,36-/m0/s1. The van der Waals surface area contributed by atoms with Gasteiger partial charge in [-0.15, -0.1) is 0 Å². The molecule has 1 heterocycles. The van der Waals surface area contributed by atoms with Crippen LogP contribution in [0.25, 0.3) is 0 Å². The van der Waals surface area contributed by atoms with Crippen LogP contribution in [0.15, 0.2) is 77.4 Å². The normalized spacial score (nSPS) is 34.6. The number of carboxylic acid groups (broad SMARTS) is 1. The molecule has 0 amide bonds. The Kier molecular flexibility index (Phi) is 7.83. The van der Waals surface area contributed by atoms with E-state index in [1.807, 2.05) is 13.0 Å². The summed E-state index contributed by atoms with van der Waals surface area (Å²) in [6, 6.07) is 18.3. The second-order valence-electron chi connectivity index (χ2n) is 13.2. The van der Waals surface area contributed by atoms with Crippen LogP contribution in [-0.4, -0.2) is 58.0 Å². The molecule has 2 saturated carbocycles. The van der Waals surface area contributed by atoms with Crippen LogP contribution in [-0.2, 0) is 30.2 Å². The monoisotopic (exact) mass is 630 g/mol. The van der Waals surface area contributed by atoms with E-state index < -0.39 is 70.5 Å². The highest BCUT2D eigenvalue weighted by Gasteiger charge is 2.79. The molecule has 2 aromatic carbocycles. The number of aliphatic carboxylic acids is 1. The van der Waals surface area contributed by atoms with E-state index in [4.69, 9.17) is 18.6 Å². The lowest BCUT2D eigenvalue weighted by Gasteiger charge is -2.68. The molecule has 1 aromatic heterocycles. The molecule has 2 N–H and O–H groups in total. The first kappa shape index (κ1) is 31.5. The molecule has 2 fully saturated rings. The fourth-order valence-electron chi connectivity index (χ4n) is 8.75. The molecule has 0 unspecified atom stereocenters. The molecule has 0 radical (unpaired) electrons. The summed E-state index contributed by atoms with van der Waals surface area (Å²) in [4.78, 5) is 53.4. The fourth-order valence-corrected chi connectivity index (χ4v) is 8.75. The highest BCUT2D eigenvalue weighted by Crippen LogP contribution is 2.68. The van der Waals surface area contributed by atoms with Gasteiger partial charge in [0.1, 0.15) is 29.0 Å². The van der Waals surface area contributed by atoms with Gasteiger partial charge in [0.15, 0.2) is 6.10 Å². The van der Waals surface area contributed by atoms with Gasteiger partial charge >= 0.3 is 23.9 Å². The minimum absolute atomic E-state index is 0.137. The minimum atomic E-state index is -2.40. The zero-order valence-corrected chi connectivity index (χ0v) is 26.2. The first-order valence-electron chi connectivity index (χ1n) is 15.6. The van der Waals surface area contributed by atoms with E-state index >= 15 is 0 Å². The molecule has 0 bridgehead atoms. The maximum Gasteiger partial charge on any atom is 0.338 e. The average Bonchev–Trinajstić information content (AvgIpc) is 3.52. The summed E-state index contributed by atoms with van der Waals surface area (Å²) >= 11 is 0. The van der Waals surface area contributed by atoms with Crippen molar-refractivity contribution in [3.8, 4) is 0 Å². The molecule has 0 saturated heterocycles. The zero-order chi connectivity index (χ0) is 33.0. The maximum absolute atomic E-state index is 13.9. The molecule has 10 nitrogen and oxygen atoms in total. The van der Waals surface area contributed by atoms with Crippen LogP contribution in [0.5, 0.6) is 0 Å². The van der Waals surface area contributed by atoms with E-state index in [1.54, 1.807) is 73.9 Å². The van der Waals surface area contributed by atoms with E-state index in [-0.39, 0.29) is 29.9 Å². The van der Waals surface area contributed by atoms with Gasteiger partial charge in [0.25, 0.3) is 0 Å². The highest BCUT2D eigenvalue weighted by molar-refractivity contribution is 5.91. The Morgan fingerprint density at radius 1 is 0.870 bits per heavy atom. The van der Waals surface area contributed by atoms with Crippen molar-refractivity contribution in [2.24, 2.45) is 22.7 Å². The summed E-state index contributed by atoms with van der Waals surface area (Å²) in [5, 5.41) is 24.4. The number of furan rings is 1. The number of aliphatic hydroxyl groups is 1. The van der Waals surface area contributed by atoms with Crippen molar-refractivity contribution < 1.29 is 48.0 Å². The largest absolute Gasteiger partial charge is 0.481 e. The van der Waals surface area contributed by atoms with Crippen molar-refractivity contribution in [3.05, 3.63) is 95.4 Å². The van der Waals surface area contributed by atoms with Crippen molar-refractivity contribution >= 4 is 23.9 Å². The number of hydrogen-bond donors (Lipinski definition) is 2. The van der Waals surface area contributed by atoms with Gasteiger partial charge < -0.3 is 28.8 Å². The van der Waals surface area contributed by atoms with Crippen molar-refractivity contribution in [2.45, 2.75) is 76.8 Å². The first-order valence-corrected chi connectivity index (χ1v) is 15.6. The van der Waals surface area contributed by atoms with Crippen LogP contribution in [0.2, 0.25) is 0 Å². The minimum Gasteiger partial charge on any atom is -0.481 e. The van der Waals surface area contributed by atoms with Gasteiger partial charge in [-0.25, -0.2) is 9.59 Å². The molecule has 0 spiro atoms. The quantitative estimate of drug-likeness (QED) is 0.275. The highest BCUT2D eigenvalue weighted by atomic mass is 16.6. The molecule has 3 aliphatic carbocycles. The Morgan fingerprint density at radius 3 is 2.02 bits per heavy atom. The average molecular weight is 631 g/mol. The van der Waals surface area contributed by atoms with Gasteiger partial charge in [-0.3, -0.25) is 9.59 Å². The number of carbonyl (C=O) groups is 4. The third-order valence-corrected chi connectivity index (χ3v) is 11.1. The van der Waals surface area contributed by atoms with Crippen LogP contribution in [0, 0.1) is 22.7 Å². The van der Waals surface area contributed by atoms with Gasteiger partial charge in [-0.05, 0) is 67.5 Å². The Balaban J connectivity index is 1.59. The second-order valence-corrected chi connectivity index (χ2v) is 13.2. The predicted molar refractivity (Wildman–Crippen MR) is 163 cm³/mol. The number of rotatable bonds is 6. The van der Waals surface area contributed by atoms with Gasteiger partial charge in [-0.2, -0.15) is 0 Å². The van der Waals surface area contributed by atoms with E-state index in [9.17, 15) is 29.4 Å². The smallest absolute Gasteiger partial charge is 0.338 e. The molecule has 10 heteroatoms. The van der Waals surface area contributed by atoms with Crippen molar-refractivity contribution in [3.63, 3.8) is 0 Å². The number of esters is 3. The van der Waals surface area contributed by atoms with Crippen LogP contribution < -0.4 is 0 Å². The fraction of sp³-hybridized carbons (Fsp3) is 0.444. The predicted octanol–water partition coefficient (Wildman–Crippen LogP) is 5.19. The Labute approximate surface area is 266 Å². The zero-order valence-electron chi connectivity index (χ0n) is 26.2. The number of ether oxygens (including phenoxy) is 3. The molecule has 46 heavy (non-hydrogen) atoms. The summed E-state index contributed by atoms with van der Waals surface area (Å²) in [5.74, 6) is -4.28. The third-order valence-electron chi connectivity index (χ3n) is 11.1. The van der Waals surface area contributed by atoms with Crippen LogP contribution in [0.3, 0.4) is 0 Å². The molecular weight excluding hydrogens is 592 g/mol. The van der Waals surface area contributed by atoms with Crippen LogP contribution in [0.4, 0.5) is 0 Å². The van der Waals surface area contributed by atoms with Crippen LogP contribution >= 0.6 is 0 Å². The molecule has 3 aromatic rings. The number of fused-ring (bicyclic) bond motifs is 4. The van der Waals surface area contributed by atoms with Gasteiger partial charge in [0.05, 0.1) is 17.4 Å². The van der Waals surface area contributed by atoms with Gasteiger partial charge in [0.2, 0.25) is 0 Å². The summed E-state index contributed by atoms with van der Waals surface area (Å²) in [7, 11) is 0. The molecule has 0 aliphatic heterocycles. The van der Waals surface area contributed by atoms with E-state index in [1.165, 1.54) is 13.8 Å². The van der Waals surface area contributed by atoms with Gasteiger partial charge in [-0.1, -0.05) is 50.2 Å². The van der Waals surface area contributed by atoms with Crippen molar-refractivity contribution in [2.75, 3.05) is 0 Å². The number of hydrogen-bond acceptors (Lipinski definition) is 9. The topological polar surface area (TPSA) is 150 Å². The summed E-state index contributed by atoms with van der Waals surface area (Å²) < 4.78 is 24.0. The number of carboxylic acids is 1. The van der Waals surface area contributed by atoms with E-state index in [0.717, 1.165) is 5.56 Å². The Bertz CT molecular complexity index is 1650. The SMILES string of the molecule is CC(=O)O[C@H]1CC[C@]2(C)[C@H]3Cc4occc4[C@H](C)[C@@H]3[C@@H](OC(=O)c3ccccc3)[C@@H](OC(=O)c3ccccc3)[C@@]2(O)[C@@]1(C)C(=O)O. The summed E-state index contributed by atoms with van der Waals surface area (Å²) in [6.07, 6.45) is -1.97. The Hall–Kier alpha value is -4.44. The first-order chi connectivity index (χ1) is 21.8. The van der Waals surface area contributed by atoms with Gasteiger partial charge in [0, 0.05) is 24.7 Å². The Morgan fingerprint density at radius 2 is 1.46 bits per heavy atom. The third kappa shape index (κ3) is 4.56. The molecule has 9 atom stereocenters. The lowest BCUT2D eigenvalue weighted by Crippen LogP contribution is -2.81. The van der Waals surface area contributed by atoms with Crippen molar-refractivity contribution in [1.82, 2.24) is 0 Å². The lowest BCUT2D eigenvalue weighted by molar-refractivity contribution is -0.327. The summed E-state index contributed by atoms with van der Waals surface area (Å²) in [5.41, 5.74) is -4.52. The lowest BCUT2D eigenvalue weighted by atomic mass is 9.39. The molecule has 6 rings (SSSR count). The maximum atomic E-state index is 13.9. The van der Waals surface area contributed by atoms with E-state index in [0.29, 0.717) is 12.2 Å².